The molecule has 90 valence electrons. The van der Waals surface area contributed by atoms with Gasteiger partial charge in [0.1, 0.15) is 5.82 Å². The molecule has 0 aliphatic rings. The third-order valence-electron chi connectivity index (χ3n) is 2.62. The Bertz CT molecular complexity index is 382. The molecular weight excluding hydrogens is 222 g/mol. The molecule has 1 rings (SSSR count). The lowest BCUT2D eigenvalue weighted by molar-refractivity contribution is -0.140. The maximum Gasteiger partial charge on any atom is 0.419 e. The first-order chi connectivity index (χ1) is 7.18. The van der Waals surface area contributed by atoms with Gasteiger partial charge in [0.2, 0.25) is 0 Å². The second-order valence-corrected chi connectivity index (χ2v) is 4.07. The highest BCUT2D eigenvalue weighted by Gasteiger charge is 2.35. The zero-order valence-corrected chi connectivity index (χ0v) is 9.24. The quantitative estimate of drug-likeness (QED) is 0.775. The van der Waals surface area contributed by atoms with Crippen molar-refractivity contribution in [2.75, 3.05) is 7.05 Å². The summed E-state index contributed by atoms with van der Waals surface area (Å²) in [7, 11) is 1.64. The molecule has 0 bridgehead atoms. The monoisotopic (exact) mass is 235 g/mol. The second kappa shape index (κ2) is 4.05. The fourth-order valence-corrected chi connectivity index (χ4v) is 1.28. The van der Waals surface area contributed by atoms with Gasteiger partial charge in [-0.1, -0.05) is 6.07 Å². The fraction of sp³-hybridized carbons (Fsp3) is 0.455. The fourth-order valence-electron chi connectivity index (χ4n) is 1.28. The molecule has 0 saturated carbocycles. The molecule has 0 radical (unpaired) electrons. The Morgan fingerprint density at radius 2 is 1.69 bits per heavy atom. The summed E-state index contributed by atoms with van der Waals surface area (Å²) in [4.78, 5) is 0. The first-order valence-electron chi connectivity index (χ1n) is 4.74. The Kier molecular flexibility index (Phi) is 3.28. The smallest absolute Gasteiger partial charge is 0.311 e. The summed E-state index contributed by atoms with van der Waals surface area (Å²) in [5, 5.41) is 2.87. The lowest BCUT2D eigenvalue weighted by Crippen LogP contribution is -2.33. The third kappa shape index (κ3) is 2.52. The summed E-state index contributed by atoms with van der Waals surface area (Å²) in [6, 6.07) is 3.03. The Morgan fingerprint density at radius 3 is 2.12 bits per heavy atom. The summed E-state index contributed by atoms with van der Waals surface area (Å²) in [5.41, 5.74) is -1.47. The van der Waals surface area contributed by atoms with E-state index in [1.54, 1.807) is 20.9 Å². The van der Waals surface area contributed by atoms with Crippen LogP contribution in [0, 0.1) is 5.82 Å². The van der Waals surface area contributed by atoms with Crippen molar-refractivity contribution in [2.24, 2.45) is 0 Å². The summed E-state index contributed by atoms with van der Waals surface area (Å²) < 4.78 is 50.4. The van der Waals surface area contributed by atoms with Gasteiger partial charge in [-0.25, -0.2) is 4.39 Å². The summed E-state index contributed by atoms with van der Waals surface area (Å²) in [5.74, 6) is -1.25. The minimum absolute atomic E-state index is 0.392. The second-order valence-electron chi connectivity index (χ2n) is 4.07. The Hall–Kier alpha value is -1.10. The van der Waals surface area contributed by atoms with Crippen LogP contribution in [-0.4, -0.2) is 7.05 Å². The van der Waals surface area contributed by atoms with Crippen molar-refractivity contribution >= 4 is 0 Å². The maximum absolute atomic E-state index is 13.0. The van der Waals surface area contributed by atoms with Crippen LogP contribution in [0.15, 0.2) is 18.2 Å². The highest BCUT2D eigenvalue weighted by atomic mass is 19.4. The SMILES string of the molecule is CNC(C)(C)c1ccc(F)c(C(F)(F)F)c1. The maximum atomic E-state index is 13.0. The van der Waals surface area contributed by atoms with E-state index in [4.69, 9.17) is 0 Å². The highest BCUT2D eigenvalue weighted by Crippen LogP contribution is 2.33. The molecule has 0 aliphatic heterocycles. The molecule has 0 aromatic heterocycles. The minimum Gasteiger partial charge on any atom is -0.311 e. The van der Waals surface area contributed by atoms with Crippen LogP contribution >= 0.6 is 0 Å². The Labute approximate surface area is 91.5 Å². The van der Waals surface area contributed by atoms with Gasteiger partial charge >= 0.3 is 6.18 Å². The van der Waals surface area contributed by atoms with Gasteiger partial charge in [-0.15, -0.1) is 0 Å². The predicted molar refractivity (Wildman–Crippen MR) is 53.5 cm³/mol. The molecule has 0 spiro atoms. The Balaban J connectivity index is 3.29. The zero-order valence-electron chi connectivity index (χ0n) is 9.24. The van der Waals surface area contributed by atoms with Crippen LogP contribution in [0.2, 0.25) is 0 Å². The standard InChI is InChI=1S/C11H13F4N/c1-10(2,16-3)7-4-5-9(12)8(6-7)11(13,14)15/h4-6,16H,1-3H3. The zero-order chi connectivity index (χ0) is 12.6. The predicted octanol–water partition coefficient (Wildman–Crippen LogP) is 3.30. The van der Waals surface area contributed by atoms with Gasteiger partial charge in [0.15, 0.2) is 0 Å². The molecular formula is C11H13F4N. The van der Waals surface area contributed by atoms with E-state index in [0.29, 0.717) is 5.56 Å². The number of hydrogen-bond donors (Lipinski definition) is 1. The van der Waals surface area contributed by atoms with Crippen LogP contribution in [0.25, 0.3) is 0 Å². The molecule has 0 fully saturated rings. The molecule has 1 aromatic rings. The minimum atomic E-state index is -4.66. The average Bonchev–Trinajstić information content (AvgIpc) is 2.16. The van der Waals surface area contributed by atoms with Gasteiger partial charge in [0, 0.05) is 5.54 Å². The molecule has 0 aliphatic carbocycles. The van der Waals surface area contributed by atoms with E-state index >= 15 is 0 Å². The first kappa shape index (κ1) is 13.0. The van der Waals surface area contributed by atoms with E-state index in [9.17, 15) is 17.6 Å². The van der Waals surface area contributed by atoms with E-state index < -0.39 is 23.1 Å². The van der Waals surface area contributed by atoms with Crippen molar-refractivity contribution in [3.8, 4) is 0 Å². The molecule has 5 heteroatoms. The average molecular weight is 235 g/mol. The lowest BCUT2D eigenvalue weighted by atomic mass is 9.93. The number of hydrogen-bond acceptors (Lipinski definition) is 1. The van der Waals surface area contributed by atoms with Gasteiger partial charge in [-0.3, -0.25) is 0 Å². The number of nitrogens with one attached hydrogen (secondary N) is 1. The molecule has 1 aromatic carbocycles. The van der Waals surface area contributed by atoms with Crippen molar-refractivity contribution in [2.45, 2.75) is 25.6 Å². The molecule has 16 heavy (non-hydrogen) atoms. The molecule has 0 heterocycles. The largest absolute Gasteiger partial charge is 0.419 e. The van der Waals surface area contributed by atoms with E-state index in [1.807, 2.05) is 0 Å². The van der Waals surface area contributed by atoms with Gasteiger partial charge in [-0.05, 0) is 38.6 Å². The van der Waals surface area contributed by atoms with Gasteiger partial charge < -0.3 is 5.32 Å². The van der Waals surface area contributed by atoms with Crippen LogP contribution in [0.4, 0.5) is 17.6 Å². The molecule has 0 unspecified atom stereocenters. The number of halogens is 4. The van der Waals surface area contributed by atoms with E-state index in [-0.39, 0.29) is 0 Å². The van der Waals surface area contributed by atoms with Gasteiger partial charge in [-0.2, -0.15) is 13.2 Å². The highest BCUT2D eigenvalue weighted by molar-refractivity contribution is 5.31. The molecule has 1 nitrogen and oxygen atoms in total. The van der Waals surface area contributed by atoms with Gasteiger partial charge in [0.05, 0.1) is 5.56 Å². The Morgan fingerprint density at radius 1 is 1.12 bits per heavy atom. The van der Waals surface area contributed by atoms with Crippen molar-refractivity contribution in [3.05, 3.63) is 35.1 Å². The summed E-state index contributed by atoms with van der Waals surface area (Å²) in [6.45, 7) is 3.45. The van der Waals surface area contributed by atoms with Crippen molar-refractivity contribution in [1.29, 1.82) is 0 Å². The van der Waals surface area contributed by atoms with Crippen LogP contribution in [-0.2, 0) is 11.7 Å². The molecule has 0 atom stereocenters. The number of rotatable bonds is 2. The normalized spacial score (nSPS) is 12.9. The molecule has 0 amide bonds. The topological polar surface area (TPSA) is 12.0 Å². The molecule has 1 N–H and O–H groups in total. The number of benzene rings is 1. The summed E-state index contributed by atoms with van der Waals surface area (Å²) >= 11 is 0. The first-order valence-corrected chi connectivity index (χ1v) is 4.74. The van der Waals surface area contributed by atoms with Crippen molar-refractivity contribution < 1.29 is 17.6 Å². The molecule has 0 saturated heterocycles. The van der Waals surface area contributed by atoms with Crippen molar-refractivity contribution in [1.82, 2.24) is 5.32 Å². The third-order valence-corrected chi connectivity index (χ3v) is 2.62. The van der Waals surface area contributed by atoms with Crippen LogP contribution in [0.3, 0.4) is 0 Å². The van der Waals surface area contributed by atoms with E-state index in [2.05, 4.69) is 5.32 Å². The van der Waals surface area contributed by atoms with Crippen molar-refractivity contribution in [3.63, 3.8) is 0 Å². The van der Waals surface area contributed by atoms with E-state index in [1.165, 1.54) is 6.07 Å². The van der Waals surface area contributed by atoms with Crippen LogP contribution in [0.1, 0.15) is 25.0 Å². The number of alkyl halides is 3. The lowest BCUT2D eigenvalue weighted by Gasteiger charge is -2.25. The van der Waals surface area contributed by atoms with E-state index in [0.717, 1.165) is 12.1 Å². The van der Waals surface area contributed by atoms with Crippen LogP contribution < -0.4 is 5.32 Å². The van der Waals surface area contributed by atoms with Gasteiger partial charge in [0.25, 0.3) is 0 Å². The summed E-state index contributed by atoms with van der Waals surface area (Å²) in [6.07, 6.45) is -4.66. The van der Waals surface area contributed by atoms with Crippen LogP contribution in [0.5, 0.6) is 0 Å².